The number of esters is 1. The Morgan fingerprint density at radius 1 is 1.19 bits per heavy atom. The quantitative estimate of drug-likeness (QED) is 0.556. The first kappa shape index (κ1) is 21.8. The van der Waals surface area contributed by atoms with E-state index in [1.54, 1.807) is 35.0 Å². The maximum atomic E-state index is 13.3. The highest BCUT2D eigenvalue weighted by Crippen LogP contribution is 2.30. The molecular weight excluding hydrogens is 437 g/mol. The smallest absolute Gasteiger partial charge is 0.359 e. The van der Waals surface area contributed by atoms with Gasteiger partial charge in [-0.1, -0.05) is 11.6 Å². The summed E-state index contributed by atoms with van der Waals surface area (Å²) in [7, 11) is 1.47. The Balaban J connectivity index is 1.52. The minimum Gasteiger partial charge on any atom is -0.495 e. The average Bonchev–Trinajstić information content (AvgIpc) is 3.37. The van der Waals surface area contributed by atoms with Gasteiger partial charge >= 0.3 is 5.97 Å². The van der Waals surface area contributed by atoms with E-state index >= 15 is 0 Å². The third kappa shape index (κ3) is 4.31. The average molecular weight is 458 g/mol. The van der Waals surface area contributed by atoms with Crippen LogP contribution in [0.3, 0.4) is 0 Å². The number of halogens is 2. The summed E-state index contributed by atoms with van der Waals surface area (Å²) in [5.74, 6) is -1.15. The fourth-order valence-electron chi connectivity index (χ4n) is 3.68. The summed E-state index contributed by atoms with van der Waals surface area (Å²) in [4.78, 5) is 25.5. The largest absolute Gasteiger partial charge is 0.495 e. The molecule has 1 aliphatic rings. The summed E-state index contributed by atoms with van der Waals surface area (Å²) in [6, 6.07) is 10.7. The molecule has 0 bridgehead atoms. The van der Waals surface area contributed by atoms with Crippen molar-refractivity contribution >= 4 is 29.2 Å². The number of carbonyl (C=O) groups excluding carboxylic acids is 2. The molecule has 2 aromatic carbocycles. The van der Waals surface area contributed by atoms with Crippen LogP contribution in [-0.2, 0) is 22.4 Å². The molecule has 1 atom stereocenters. The molecule has 3 aromatic rings. The van der Waals surface area contributed by atoms with Gasteiger partial charge in [0, 0.05) is 16.3 Å². The highest BCUT2D eigenvalue weighted by molar-refractivity contribution is 6.31. The molecular formula is C23H21ClFN3O4. The third-order valence-electron chi connectivity index (χ3n) is 5.27. The highest BCUT2D eigenvalue weighted by Gasteiger charge is 2.30. The van der Waals surface area contributed by atoms with Crippen LogP contribution in [0.4, 0.5) is 10.1 Å². The van der Waals surface area contributed by atoms with Gasteiger partial charge in [0.15, 0.2) is 11.8 Å². The van der Waals surface area contributed by atoms with E-state index in [1.807, 2.05) is 0 Å². The van der Waals surface area contributed by atoms with E-state index in [0.717, 1.165) is 24.1 Å². The van der Waals surface area contributed by atoms with E-state index in [1.165, 1.54) is 26.2 Å². The second kappa shape index (κ2) is 9.00. The number of amides is 1. The maximum Gasteiger partial charge on any atom is 0.359 e. The Bertz CT molecular complexity index is 1180. The molecule has 7 nitrogen and oxygen atoms in total. The fourth-order valence-corrected chi connectivity index (χ4v) is 3.85. The van der Waals surface area contributed by atoms with Gasteiger partial charge in [0.25, 0.3) is 5.91 Å². The zero-order chi connectivity index (χ0) is 22.8. The van der Waals surface area contributed by atoms with Crippen molar-refractivity contribution in [1.29, 1.82) is 0 Å². The lowest BCUT2D eigenvalue weighted by atomic mass is 10.2. The van der Waals surface area contributed by atoms with Crippen LogP contribution in [0.25, 0.3) is 5.69 Å². The molecule has 0 aliphatic heterocycles. The predicted molar refractivity (Wildman–Crippen MR) is 117 cm³/mol. The van der Waals surface area contributed by atoms with Crippen molar-refractivity contribution in [3.8, 4) is 11.4 Å². The summed E-state index contributed by atoms with van der Waals surface area (Å²) in [6.07, 6.45) is 1.22. The molecule has 166 valence electrons. The molecule has 1 unspecified atom stereocenters. The molecule has 1 amide bonds. The zero-order valence-electron chi connectivity index (χ0n) is 17.5. The van der Waals surface area contributed by atoms with Gasteiger partial charge in [-0.3, -0.25) is 4.79 Å². The Labute approximate surface area is 189 Å². The molecule has 32 heavy (non-hydrogen) atoms. The third-order valence-corrected chi connectivity index (χ3v) is 5.50. The highest BCUT2D eigenvalue weighted by atomic mass is 35.5. The second-order valence-corrected chi connectivity index (χ2v) is 7.83. The number of hydrogen-bond acceptors (Lipinski definition) is 5. The monoisotopic (exact) mass is 457 g/mol. The van der Waals surface area contributed by atoms with E-state index < -0.39 is 18.0 Å². The lowest BCUT2D eigenvalue weighted by molar-refractivity contribution is -0.123. The van der Waals surface area contributed by atoms with E-state index in [4.69, 9.17) is 21.1 Å². The van der Waals surface area contributed by atoms with Crippen molar-refractivity contribution in [2.45, 2.75) is 32.3 Å². The first-order chi connectivity index (χ1) is 15.4. The summed E-state index contributed by atoms with van der Waals surface area (Å²) >= 11 is 5.99. The van der Waals surface area contributed by atoms with Crippen LogP contribution in [0.2, 0.25) is 5.02 Å². The zero-order valence-corrected chi connectivity index (χ0v) is 18.3. The number of hydrogen-bond donors (Lipinski definition) is 1. The van der Waals surface area contributed by atoms with Crippen molar-refractivity contribution in [3.63, 3.8) is 0 Å². The molecule has 1 N–H and O–H groups in total. The van der Waals surface area contributed by atoms with Gasteiger partial charge in [0.2, 0.25) is 0 Å². The molecule has 1 aliphatic carbocycles. The number of methoxy groups -OCH3 is 1. The summed E-state index contributed by atoms with van der Waals surface area (Å²) in [6.45, 7) is 1.47. The summed E-state index contributed by atoms with van der Waals surface area (Å²) in [5.41, 5.74) is 2.88. The van der Waals surface area contributed by atoms with Crippen molar-refractivity contribution < 1.29 is 23.5 Å². The number of anilines is 1. The van der Waals surface area contributed by atoms with E-state index in [2.05, 4.69) is 10.4 Å². The molecule has 0 radical (unpaired) electrons. The van der Waals surface area contributed by atoms with Crippen LogP contribution in [0.1, 0.15) is 35.1 Å². The normalized spacial score (nSPS) is 13.4. The molecule has 0 spiro atoms. The number of aromatic nitrogens is 2. The van der Waals surface area contributed by atoms with Gasteiger partial charge in [-0.25, -0.2) is 13.9 Å². The number of rotatable bonds is 6. The van der Waals surface area contributed by atoms with Gasteiger partial charge in [-0.2, -0.15) is 5.10 Å². The van der Waals surface area contributed by atoms with Crippen molar-refractivity contribution in [3.05, 3.63) is 70.3 Å². The van der Waals surface area contributed by atoms with Gasteiger partial charge in [0.1, 0.15) is 11.6 Å². The van der Waals surface area contributed by atoms with Crippen LogP contribution >= 0.6 is 11.6 Å². The van der Waals surface area contributed by atoms with Gasteiger partial charge in [-0.05, 0) is 68.7 Å². The van der Waals surface area contributed by atoms with Crippen molar-refractivity contribution in [1.82, 2.24) is 9.78 Å². The van der Waals surface area contributed by atoms with Crippen LogP contribution < -0.4 is 10.1 Å². The molecule has 1 heterocycles. The lowest BCUT2D eigenvalue weighted by Gasteiger charge is -2.15. The number of carbonyl (C=O) groups is 2. The molecule has 0 fully saturated rings. The first-order valence-corrected chi connectivity index (χ1v) is 10.5. The van der Waals surface area contributed by atoms with Crippen LogP contribution in [0.5, 0.6) is 5.75 Å². The topological polar surface area (TPSA) is 82.4 Å². The van der Waals surface area contributed by atoms with Gasteiger partial charge < -0.3 is 14.8 Å². The number of nitrogens with one attached hydrogen (secondary N) is 1. The minimum absolute atomic E-state index is 0.168. The van der Waals surface area contributed by atoms with Gasteiger partial charge in [0.05, 0.1) is 18.5 Å². The second-order valence-electron chi connectivity index (χ2n) is 7.40. The Hall–Kier alpha value is -3.39. The fraction of sp³-hybridized carbons (Fsp3) is 0.261. The van der Waals surface area contributed by atoms with Crippen LogP contribution in [0.15, 0.2) is 42.5 Å². The Kier molecular flexibility index (Phi) is 6.14. The maximum absolute atomic E-state index is 13.3. The standard InChI is InChI=1S/C23H21ClFN3O4/c1-13(22(29)26-18-12-14(24)6-11-20(18)31-2)32-23(30)21-17-4-3-5-19(17)28(27-21)16-9-7-15(25)8-10-16/h6-13H,3-5H2,1-2H3,(H,26,29). The van der Waals surface area contributed by atoms with E-state index in [9.17, 15) is 14.0 Å². The molecule has 1 aromatic heterocycles. The van der Waals surface area contributed by atoms with Crippen LogP contribution in [0, 0.1) is 5.82 Å². The number of fused-ring (bicyclic) bond motifs is 1. The lowest BCUT2D eigenvalue weighted by Crippen LogP contribution is -2.30. The summed E-state index contributed by atoms with van der Waals surface area (Å²) < 4.78 is 25.6. The predicted octanol–water partition coefficient (Wildman–Crippen LogP) is 4.35. The Morgan fingerprint density at radius 3 is 2.66 bits per heavy atom. The number of nitrogens with zero attached hydrogens (tertiary/aromatic N) is 2. The molecule has 0 saturated heterocycles. The van der Waals surface area contributed by atoms with E-state index in [-0.39, 0.29) is 11.5 Å². The summed E-state index contributed by atoms with van der Waals surface area (Å²) in [5, 5.41) is 7.50. The Morgan fingerprint density at radius 2 is 1.94 bits per heavy atom. The number of ether oxygens (including phenoxy) is 2. The van der Waals surface area contributed by atoms with E-state index in [0.29, 0.717) is 28.6 Å². The van der Waals surface area contributed by atoms with Crippen molar-refractivity contribution in [2.24, 2.45) is 0 Å². The SMILES string of the molecule is COc1ccc(Cl)cc1NC(=O)C(C)OC(=O)c1nn(-c2ccc(F)cc2)c2c1CCC2. The van der Waals surface area contributed by atoms with Crippen molar-refractivity contribution in [2.75, 3.05) is 12.4 Å². The molecule has 0 saturated carbocycles. The van der Waals surface area contributed by atoms with Crippen LogP contribution in [-0.4, -0.2) is 34.9 Å². The van der Waals surface area contributed by atoms with Gasteiger partial charge in [-0.15, -0.1) is 0 Å². The molecule has 4 rings (SSSR count). The molecule has 9 heteroatoms. The number of benzene rings is 2. The first-order valence-electron chi connectivity index (χ1n) is 10.1. The minimum atomic E-state index is -1.08.